The highest BCUT2D eigenvalue weighted by Gasteiger charge is 2.07. The van der Waals surface area contributed by atoms with Crippen molar-refractivity contribution >= 4 is 30.4 Å². The number of nitrogens with one attached hydrogen (secondary N) is 2. The molecule has 1 saturated heterocycles. The van der Waals surface area contributed by atoms with Gasteiger partial charge in [-0.1, -0.05) is 0 Å². The van der Waals surface area contributed by atoms with Crippen molar-refractivity contribution in [1.82, 2.24) is 16.0 Å². The van der Waals surface area contributed by atoms with Gasteiger partial charge in [0, 0.05) is 13.1 Å². The minimum absolute atomic E-state index is 0. The zero-order valence-electron chi connectivity index (χ0n) is 10.8. The predicted molar refractivity (Wildman–Crippen MR) is 77.5 cm³/mol. The molecule has 3 N–H and O–H groups in total. The van der Waals surface area contributed by atoms with Gasteiger partial charge in [-0.3, -0.25) is 5.43 Å². The summed E-state index contributed by atoms with van der Waals surface area (Å²) in [5, 5.41) is 10.7. The summed E-state index contributed by atoms with van der Waals surface area (Å²) < 4.78 is 5.21. The van der Waals surface area contributed by atoms with Gasteiger partial charge in [-0.2, -0.15) is 5.53 Å². The van der Waals surface area contributed by atoms with E-state index in [1.807, 2.05) is 5.01 Å². The lowest BCUT2D eigenvalue weighted by atomic mass is 10.2. The number of ether oxygens (including phenoxy) is 1. The number of rotatable bonds is 5. The molecule has 1 aromatic carbocycles. The maximum atomic E-state index is 10.7. The van der Waals surface area contributed by atoms with Gasteiger partial charge >= 0.3 is 5.97 Å². The van der Waals surface area contributed by atoms with Crippen LogP contribution in [0.3, 0.4) is 0 Å². The van der Waals surface area contributed by atoms with Crippen LogP contribution in [0.4, 0.5) is 5.69 Å². The lowest BCUT2D eigenvalue weighted by molar-refractivity contribution is 0.00708. The van der Waals surface area contributed by atoms with Gasteiger partial charge in [-0.05, 0) is 24.3 Å². The molecule has 0 spiro atoms. The standard InChI is InChI=1S/C12H16N4O3.ClH/c17-12(18)10-1-3-11(4-2-10)13-9-14-15-16-5-7-19-8-6-16;/h1-4,9,15H,5-8H2,(H,13,14)(H,17,18);1H. The van der Waals surface area contributed by atoms with E-state index in [0.717, 1.165) is 13.1 Å². The van der Waals surface area contributed by atoms with E-state index >= 15 is 0 Å². The number of carboxylic acids is 1. The molecule has 1 heterocycles. The van der Waals surface area contributed by atoms with Gasteiger partial charge in [0.05, 0.1) is 24.5 Å². The van der Waals surface area contributed by atoms with E-state index in [9.17, 15) is 4.79 Å². The Kier molecular flexibility index (Phi) is 6.96. The van der Waals surface area contributed by atoms with Gasteiger partial charge in [0.15, 0.2) is 0 Å². The zero-order valence-corrected chi connectivity index (χ0v) is 11.6. The normalized spacial score (nSPS) is 15.8. The number of aromatic carboxylic acids is 1. The molecule has 0 atom stereocenters. The number of nitrogens with zero attached hydrogens (tertiary/aromatic N) is 2. The molecule has 0 saturated carbocycles. The first-order valence-electron chi connectivity index (χ1n) is 5.95. The van der Waals surface area contributed by atoms with Crippen molar-refractivity contribution in [3.05, 3.63) is 29.8 Å². The second-order valence-electron chi connectivity index (χ2n) is 3.97. The molecule has 110 valence electrons. The van der Waals surface area contributed by atoms with Crippen molar-refractivity contribution in [2.45, 2.75) is 0 Å². The Hall–Kier alpha value is -1.67. The Labute approximate surface area is 123 Å². The molecule has 0 unspecified atom stereocenters. The number of carbonyl (C=O) groups is 1. The number of hydrogen-bond acceptors (Lipinski definition) is 5. The fourth-order valence-electron chi connectivity index (χ4n) is 1.59. The fourth-order valence-corrected chi connectivity index (χ4v) is 1.59. The van der Waals surface area contributed by atoms with Crippen LogP contribution in [-0.2, 0) is 4.74 Å². The lowest BCUT2D eigenvalue weighted by Crippen LogP contribution is -2.51. The van der Waals surface area contributed by atoms with Crippen LogP contribution in [0.15, 0.2) is 29.3 Å². The number of morpholine rings is 1. The maximum Gasteiger partial charge on any atom is 0.335 e. The first-order valence-corrected chi connectivity index (χ1v) is 5.95. The van der Waals surface area contributed by atoms with E-state index in [1.54, 1.807) is 12.1 Å². The van der Waals surface area contributed by atoms with Crippen LogP contribution < -0.4 is 11.0 Å². The number of carboxylic acid groups (broad SMARTS) is 1. The van der Waals surface area contributed by atoms with Crippen molar-refractivity contribution in [3.8, 4) is 0 Å². The van der Waals surface area contributed by atoms with E-state index in [1.165, 1.54) is 18.5 Å². The second kappa shape index (κ2) is 8.49. The number of aliphatic imine (C=N–C) groups is 1. The van der Waals surface area contributed by atoms with Crippen LogP contribution in [0, 0.1) is 0 Å². The van der Waals surface area contributed by atoms with Crippen molar-refractivity contribution < 1.29 is 14.6 Å². The molecule has 1 aromatic rings. The Morgan fingerprint density at radius 1 is 1.30 bits per heavy atom. The molecule has 0 aromatic heterocycles. The summed E-state index contributed by atoms with van der Waals surface area (Å²) in [6.07, 6.45) is 1.52. The third kappa shape index (κ3) is 5.14. The molecule has 1 aliphatic heterocycles. The number of hydrogen-bond donors (Lipinski definition) is 3. The molecular formula is C12H17ClN4O3. The smallest absolute Gasteiger partial charge is 0.335 e. The van der Waals surface area contributed by atoms with Gasteiger partial charge in [0.1, 0.15) is 6.34 Å². The SMILES string of the molecule is Cl.O=C(O)c1ccc(N=CNNN2CCOCC2)cc1. The van der Waals surface area contributed by atoms with Gasteiger partial charge < -0.3 is 9.84 Å². The summed E-state index contributed by atoms with van der Waals surface area (Å²) in [5.41, 5.74) is 6.76. The summed E-state index contributed by atoms with van der Waals surface area (Å²) in [4.78, 5) is 14.8. The monoisotopic (exact) mass is 300 g/mol. The summed E-state index contributed by atoms with van der Waals surface area (Å²) in [6.45, 7) is 3.05. The van der Waals surface area contributed by atoms with Crippen LogP contribution in [0.5, 0.6) is 0 Å². The molecule has 0 radical (unpaired) electrons. The quantitative estimate of drug-likeness (QED) is 0.424. The minimum Gasteiger partial charge on any atom is -0.478 e. The van der Waals surface area contributed by atoms with Gasteiger partial charge in [0.2, 0.25) is 0 Å². The highest BCUT2D eigenvalue weighted by atomic mass is 35.5. The topological polar surface area (TPSA) is 86.2 Å². The summed E-state index contributed by atoms with van der Waals surface area (Å²) in [5.74, 6) is -0.942. The summed E-state index contributed by atoms with van der Waals surface area (Å²) >= 11 is 0. The van der Waals surface area contributed by atoms with Crippen molar-refractivity contribution in [3.63, 3.8) is 0 Å². The Balaban J connectivity index is 0.00000200. The van der Waals surface area contributed by atoms with Gasteiger partial charge in [-0.15, -0.1) is 12.4 Å². The minimum atomic E-state index is -0.942. The highest BCUT2D eigenvalue weighted by Crippen LogP contribution is 2.11. The molecule has 0 aliphatic carbocycles. The molecule has 1 aliphatic rings. The maximum absolute atomic E-state index is 10.7. The first-order chi connectivity index (χ1) is 9.25. The zero-order chi connectivity index (χ0) is 13.5. The van der Waals surface area contributed by atoms with E-state index < -0.39 is 5.97 Å². The molecule has 1 fully saturated rings. The average molecular weight is 301 g/mol. The first kappa shape index (κ1) is 16.4. The van der Waals surface area contributed by atoms with Crippen LogP contribution in [-0.4, -0.2) is 48.7 Å². The van der Waals surface area contributed by atoms with Crippen LogP contribution in [0.25, 0.3) is 0 Å². The molecular weight excluding hydrogens is 284 g/mol. The summed E-state index contributed by atoms with van der Waals surface area (Å²) in [7, 11) is 0. The van der Waals surface area contributed by atoms with Crippen molar-refractivity contribution in [2.24, 2.45) is 4.99 Å². The lowest BCUT2D eigenvalue weighted by Gasteiger charge is -2.26. The Bertz CT molecular complexity index is 447. The largest absolute Gasteiger partial charge is 0.478 e. The third-order valence-electron chi connectivity index (χ3n) is 2.63. The number of benzene rings is 1. The Morgan fingerprint density at radius 3 is 2.55 bits per heavy atom. The summed E-state index contributed by atoms with van der Waals surface area (Å²) in [6, 6.07) is 6.33. The molecule has 8 heteroatoms. The predicted octanol–water partition coefficient (Wildman–Crippen LogP) is 0.808. The van der Waals surface area contributed by atoms with Crippen LogP contribution in [0.1, 0.15) is 10.4 Å². The van der Waals surface area contributed by atoms with E-state index in [4.69, 9.17) is 9.84 Å². The van der Waals surface area contributed by atoms with Gasteiger partial charge in [-0.25, -0.2) is 14.8 Å². The van der Waals surface area contributed by atoms with E-state index in [2.05, 4.69) is 16.0 Å². The number of halogens is 1. The molecule has 7 nitrogen and oxygen atoms in total. The van der Waals surface area contributed by atoms with E-state index in [-0.39, 0.29) is 18.0 Å². The van der Waals surface area contributed by atoms with E-state index in [0.29, 0.717) is 18.9 Å². The highest BCUT2D eigenvalue weighted by molar-refractivity contribution is 5.88. The average Bonchev–Trinajstić information content (AvgIpc) is 2.45. The molecule has 20 heavy (non-hydrogen) atoms. The van der Waals surface area contributed by atoms with Crippen LogP contribution >= 0.6 is 12.4 Å². The van der Waals surface area contributed by atoms with Crippen LogP contribution in [0.2, 0.25) is 0 Å². The molecule has 0 amide bonds. The molecule has 0 bridgehead atoms. The number of hydrazine groups is 2. The molecule has 2 rings (SSSR count). The van der Waals surface area contributed by atoms with Crippen molar-refractivity contribution in [1.29, 1.82) is 0 Å². The third-order valence-corrected chi connectivity index (χ3v) is 2.63. The fraction of sp³-hybridized carbons (Fsp3) is 0.333. The van der Waals surface area contributed by atoms with Gasteiger partial charge in [0.25, 0.3) is 0 Å². The van der Waals surface area contributed by atoms with Crippen molar-refractivity contribution in [2.75, 3.05) is 26.3 Å². The second-order valence-corrected chi connectivity index (χ2v) is 3.97. The Morgan fingerprint density at radius 2 is 1.95 bits per heavy atom.